The van der Waals surface area contributed by atoms with E-state index in [9.17, 15) is 4.79 Å². The molecule has 75 valence electrons. The molecule has 0 amide bonds. The minimum atomic E-state index is -0.283. The number of unbranched alkanes of at least 4 members (excludes halogenated alkanes) is 1. The fourth-order valence-electron chi connectivity index (χ4n) is 0.923. The molecule has 0 aliphatic rings. The third-order valence-electron chi connectivity index (χ3n) is 1.63. The largest absolute Gasteiger partial charge is 0.426 e. The van der Waals surface area contributed by atoms with Gasteiger partial charge in [0.1, 0.15) is 5.75 Å². The van der Waals surface area contributed by atoms with Gasteiger partial charge >= 0.3 is 5.97 Å². The molecule has 2 nitrogen and oxygen atoms in total. The zero-order valence-electron chi connectivity index (χ0n) is 8.00. The predicted octanol–water partition coefficient (Wildman–Crippen LogP) is 3.36. The second kappa shape index (κ2) is 5.81. The van der Waals surface area contributed by atoms with Crippen LogP contribution in [0, 0.1) is 6.42 Å². The van der Waals surface area contributed by atoms with Crippen molar-refractivity contribution >= 4 is 21.9 Å². The highest BCUT2D eigenvalue weighted by molar-refractivity contribution is 9.10. The highest BCUT2D eigenvalue weighted by atomic mass is 79.9. The van der Waals surface area contributed by atoms with Crippen LogP contribution in [-0.4, -0.2) is 5.97 Å². The molecule has 0 aromatic heterocycles. The van der Waals surface area contributed by atoms with Crippen molar-refractivity contribution < 1.29 is 9.53 Å². The van der Waals surface area contributed by atoms with Crippen LogP contribution in [0.5, 0.6) is 5.75 Å². The van der Waals surface area contributed by atoms with Gasteiger partial charge in [0.15, 0.2) is 0 Å². The Morgan fingerprint density at radius 3 is 2.64 bits per heavy atom. The fourth-order valence-corrected chi connectivity index (χ4v) is 1.19. The maximum Gasteiger partial charge on any atom is 0.315 e. The molecule has 3 heteroatoms. The smallest absolute Gasteiger partial charge is 0.315 e. The lowest BCUT2D eigenvalue weighted by Gasteiger charge is -2.02. The average molecular weight is 256 g/mol. The number of carbonyl (C=O) groups is 1. The van der Waals surface area contributed by atoms with Crippen LogP contribution in [0.15, 0.2) is 28.7 Å². The minimum absolute atomic E-state index is 0.283. The molecule has 14 heavy (non-hydrogen) atoms. The number of benzene rings is 1. The van der Waals surface area contributed by atoms with Gasteiger partial charge in [-0.1, -0.05) is 29.3 Å². The summed E-state index contributed by atoms with van der Waals surface area (Å²) in [5.41, 5.74) is 0. The molecule has 1 aromatic rings. The van der Waals surface area contributed by atoms with Crippen molar-refractivity contribution in [2.45, 2.75) is 19.8 Å². The van der Waals surface area contributed by atoms with E-state index in [1.807, 2.05) is 19.1 Å². The molecule has 0 aliphatic carbocycles. The van der Waals surface area contributed by atoms with Gasteiger partial charge < -0.3 is 4.74 Å². The summed E-state index contributed by atoms with van der Waals surface area (Å²) in [6.45, 7) is 2.02. The number of halogens is 1. The van der Waals surface area contributed by atoms with Crippen LogP contribution in [0.4, 0.5) is 0 Å². The molecule has 1 aromatic carbocycles. The summed E-state index contributed by atoms with van der Waals surface area (Å²) in [7, 11) is 0. The van der Waals surface area contributed by atoms with Gasteiger partial charge in [-0.05, 0) is 30.7 Å². The van der Waals surface area contributed by atoms with Crippen LogP contribution in [0.2, 0.25) is 0 Å². The fraction of sp³-hybridized carbons (Fsp3) is 0.273. The summed E-state index contributed by atoms with van der Waals surface area (Å²) >= 11 is 3.31. The molecular formula is C11H12BrO2. The summed E-state index contributed by atoms with van der Waals surface area (Å²) in [6.07, 6.45) is 3.27. The Labute approximate surface area is 92.4 Å². The van der Waals surface area contributed by atoms with Crippen molar-refractivity contribution in [2.75, 3.05) is 0 Å². The molecule has 0 atom stereocenters. The summed E-state index contributed by atoms with van der Waals surface area (Å²) in [5, 5.41) is 0. The first-order chi connectivity index (χ1) is 6.72. The van der Waals surface area contributed by atoms with Crippen molar-refractivity contribution in [1.29, 1.82) is 0 Å². The third kappa shape index (κ3) is 3.92. The molecular weight excluding hydrogens is 244 g/mol. The normalized spacial score (nSPS) is 9.86. The molecule has 0 spiro atoms. The Kier molecular flexibility index (Phi) is 4.66. The van der Waals surface area contributed by atoms with Gasteiger partial charge in [-0.2, -0.15) is 0 Å². The molecule has 0 saturated carbocycles. The van der Waals surface area contributed by atoms with Crippen LogP contribution in [0.1, 0.15) is 19.8 Å². The van der Waals surface area contributed by atoms with E-state index < -0.39 is 0 Å². The van der Waals surface area contributed by atoms with Crippen LogP contribution in [0.3, 0.4) is 0 Å². The minimum Gasteiger partial charge on any atom is -0.426 e. The second-order valence-corrected chi connectivity index (χ2v) is 3.78. The topological polar surface area (TPSA) is 26.3 Å². The lowest BCUT2D eigenvalue weighted by Crippen LogP contribution is -2.07. The van der Waals surface area contributed by atoms with E-state index in [4.69, 9.17) is 4.74 Å². The highest BCUT2D eigenvalue weighted by Gasteiger charge is 2.03. The first kappa shape index (κ1) is 11.2. The predicted molar refractivity (Wildman–Crippen MR) is 59.0 cm³/mol. The van der Waals surface area contributed by atoms with Gasteiger partial charge in [-0.15, -0.1) is 0 Å². The summed E-state index contributed by atoms with van der Waals surface area (Å²) in [5.74, 6) is 0.291. The third-order valence-corrected chi connectivity index (χ3v) is 2.16. The Morgan fingerprint density at radius 2 is 2.07 bits per heavy atom. The maximum absolute atomic E-state index is 11.2. The van der Waals surface area contributed by atoms with E-state index in [-0.39, 0.29) is 5.97 Å². The average Bonchev–Trinajstić information content (AvgIpc) is 2.18. The Bertz CT molecular complexity index is 293. The first-order valence-electron chi connectivity index (χ1n) is 4.53. The van der Waals surface area contributed by atoms with Gasteiger partial charge in [0.25, 0.3) is 0 Å². The number of carbonyl (C=O) groups excluding carboxylic acids is 1. The molecule has 0 unspecified atom stereocenters. The maximum atomic E-state index is 11.2. The molecule has 0 fully saturated rings. The van der Waals surface area contributed by atoms with Crippen molar-refractivity contribution in [3.05, 3.63) is 35.2 Å². The first-order valence-corrected chi connectivity index (χ1v) is 5.32. The monoisotopic (exact) mass is 255 g/mol. The van der Waals surface area contributed by atoms with E-state index in [1.54, 1.807) is 18.6 Å². The molecule has 0 aliphatic heterocycles. The number of rotatable bonds is 4. The van der Waals surface area contributed by atoms with Gasteiger partial charge in [0, 0.05) is 4.47 Å². The Balaban J connectivity index is 2.44. The Hall–Kier alpha value is -0.830. The molecule has 1 radical (unpaired) electrons. The Morgan fingerprint density at radius 1 is 1.43 bits per heavy atom. The van der Waals surface area contributed by atoms with E-state index in [0.29, 0.717) is 5.75 Å². The van der Waals surface area contributed by atoms with E-state index in [0.717, 1.165) is 17.3 Å². The number of ether oxygens (including phenoxy) is 1. The van der Waals surface area contributed by atoms with Gasteiger partial charge in [-0.3, -0.25) is 4.79 Å². The summed E-state index contributed by atoms with van der Waals surface area (Å²) in [6, 6.07) is 7.18. The molecule has 0 saturated heterocycles. The van der Waals surface area contributed by atoms with E-state index >= 15 is 0 Å². The summed E-state index contributed by atoms with van der Waals surface area (Å²) < 4.78 is 6.02. The quantitative estimate of drug-likeness (QED) is 0.610. The van der Waals surface area contributed by atoms with Crippen molar-refractivity contribution in [2.24, 2.45) is 0 Å². The molecule has 1 rings (SSSR count). The number of hydrogen-bond acceptors (Lipinski definition) is 2. The highest BCUT2D eigenvalue weighted by Crippen LogP contribution is 2.16. The molecule has 0 bridgehead atoms. The number of hydrogen-bond donors (Lipinski definition) is 0. The van der Waals surface area contributed by atoms with Crippen LogP contribution < -0.4 is 4.74 Å². The SMILES string of the molecule is CCC[CH]C(=O)Oc1ccc(Br)cc1. The van der Waals surface area contributed by atoms with Crippen molar-refractivity contribution in [3.63, 3.8) is 0 Å². The standard InChI is InChI=1S/C11H12BrO2/c1-2-3-4-11(13)14-10-7-5-9(12)6-8-10/h4-8H,2-3H2,1H3. The molecule has 0 N–H and O–H groups in total. The van der Waals surface area contributed by atoms with Gasteiger partial charge in [-0.25, -0.2) is 0 Å². The van der Waals surface area contributed by atoms with Gasteiger partial charge in [0.2, 0.25) is 0 Å². The van der Waals surface area contributed by atoms with Crippen LogP contribution in [-0.2, 0) is 4.79 Å². The van der Waals surface area contributed by atoms with E-state index in [1.165, 1.54) is 0 Å². The lowest BCUT2D eigenvalue weighted by atomic mass is 10.2. The second-order valence-electron chi connectivity index (χ2n) is 2.87. The van der Waals surface area contributed by atoms with Crippen LogP contribution >= 0.6 is 15.9 Å². The van der Waals surface area contributed by atoms with Crippen LogP contribution in [0.25, 0.3) is 0 Å². The van der Waals surface area contributed by atoms with Gasteiger partial charge in [0.05, 0.1) is 6.42 Å². The van der Waals surface area contributed by atoms with E-state index in [2.05, 4.69) is 15.9 Å². The number of esters is 1. The van der Waals surface area contributed by atoms with Crippen molar-refractivity contribution in [1.82, 2.24) is 0 Å². The lowest BCUT2D eigenvalue weighted by molar-refractivity contribution is -0.130. The zero-order valence-corrected chi connectivity index (χ0v) is 9.58. The van der Waals surface area contributed by atoms with Crippen molar-refractivity contribution in [3.8, 4) is 5.75 Å². The molecule has 0 heterocycles. The summed E-state index contributed by atoms with van der Waals surface area (Å²) in [4.78, 5) is 11.2. The zero-order chi connectivity index (χ0) is 10.4.